The summed E-state index contributed by atoms with van der Waals surface area (Å²) in [6.07, 6.45) is 6.42. The van der Waals surface area contributed by atoms with Crippen LogP contribution in [0.2, 0.25) is 0 Å². The Labute approximate surface area is 189 Å². The van der Waals surface area contributed by atoms with E-state index in [2.05, 4.69) is 10.2 Å². The summed E-state index contributed by atoms with van der Waals surface area (Å²) in [6, 6.07) is 6.97. The van der Waals surface area contributed by atoms with Crippen molar-refractivity contribution in [2.45, 2.75) is 81.7 Å². The molecule has 2 unspecified atom stereocenters. The zero-order valence-corrected chi connectivity index (χ0v) is 18.8. The third-order valence-electron chi connectivity index (χ3n) is 7.05. The van der Waals surface area contributed by atoms with Crippen molar-refractivity contribution >= 4 is 11.8 Å². The summed E-state index contributed by atoms with van der Waals surface area (Å²) in [5, 5.41) is 3.18. The molecule has 2 aliphatic carbocycles. The van der Waals surface area contributed by atoms with E-state index in [9.17, 15) is 14.0 Å². The summed E-state index contributed by atoms with van der Waals surface area (Å²) in [7, 11) is 1.50. The summed E-state index contributed by atoms with van der Waals surface area (Å²) in [6.45, 7) is 1.17. The van der Waals surface area contributed by atoms with E-state index in [0.717, 1.165) is 44.1 Å². The number of ether oxygens (including phenoxy) is 1. The third kappa shape index (κ3) is 5.66. The maximum atomic E-state index is 13.3. The Bertz CT molecular complexity index is 793. The van der Waals surface area contributed by atoms with E-state index in [1.54, 1.807) is 4.90 Å². The molecule has 1 saturated heterocycles. The van der Waals surface area contributed by atoms with Crippen LogP contribution < -0.4 is 11.1 Å². The molecule has 3 N–H and O–H groups in total. The number of benzene rings is 1. The van der Waals surface area contributed by atoms with Crippen LogP contribution in [0.1, 0.15) is 50.5 Å². The first-order chi connectivity index (χ1) is 15.4. The number of halogens is 1. The second kappa shape index (κ2) is 10.3. The standard InChI is InChI=1S/C24H35FN4O3/c1-32-15-23(30)29-14-21(12-22(29)24(31)27-19-8-6-18(26)7-9-19)28(20-10-11-20)13-16-2-4-17(25)5-3-16/h2-5,18-22H,6-15,26H2,1H3,(H,27,31). The van der Waals surface area contributed by atoms with Crippen LogP contribution in [0.4, 0.5) is 4.39 Å². The van der Waals surface area contributed by atoms with Crippen LogP contribution in [-0.4, -0.2) is 72.1 Å². The van der Waals surface area contributed by atoms with E-state index >= 15 is 0 Å². The van der Waals surface area contributed by atoms with Crippen molar-refractivity contribution in [2.24, 2.45) is 5.73 Å². The van der Waals surface area contributed by atoms with Gasteiger partial charge in [-0.15, -0.1) is 0 Å². The van der Waals surface area contributed by atoms with Crippen molar-refractivity contribution in [3.05, 3.63) is 35.6 Å². The van der Waals surface area contributed by atoms with Gasteiger partial charge in [-0.1, -0.05) is 12.1 Å². The summed E-state index contributed by atoms with van der Waals surface area (Å²) in [5.74, 6) is -0.474. The summed E-state index contributed by atoms with van der Waals surface area (Å²) in [4.78, 5) is 30.1. The Morgan fingerprint density at radius 3 is 2.44 bits per heavy atom. The zero-order valence-electron chi connectivity index (χ0n) is 18.8. The zero-order chi connectivity index (χ0) is 22.7. The van der Waals surface area contributed by atoms with Crippen LogP contribution in [-0.2, 0) is 20.9 Å². The molecule has 0 aromatic heterocycles. The fourth-order valence-electron chi connectivity index (χ4n) is 5.11. The predicted octanol–water partition coefficient (Wildman–Crippen LogP) is 1.79. The van der Waals surface area contributed by atoms with E-state index in [0.29, 0.717) is 25.6 Å². The molecule has 1 aliphatic heterocycles. The van der Waals surface area contributed by atoms with Crippen molar-refractivity contribution in [3.63, 3.8) is 0 Å². The number of nitrogens with one attached hydrogen (secondary N) is 1. The molecule has 4 rings (SSSR count). The minimum Gasteiger partial charge on any atom is -0.375 e. The van der Waals surface area contributed by atoms with Crippen LogP contribution in [0.3, 0.4) is 0 Å². The van der Waals surface area contributed by atoms with Crippen LogP contribution in [0, 0.1) is 5.82 Å². The van der Waals surface area contributed by atoms with E-state index < -0.39 is 6.04 Å². The van der Waals surface area contributed by atoms with Gasteiger partial charge >= 0.3 is 0 Å². The summed E-state index contributed by atoms with van der Waals surface area (Å²) in [5.41, 5.74) is 7.04. The van der Waals surface area contributed by atoms with Gasteiger partial charge < -0.3 is 20.7 Å². The van der Waals surface area contributed by atoms with Crippen molar-refractivity contribution in [1.82, 2.24) is 15.1 Å². The Kier molecular flexibility index (Phi) is 7.43. The molecule has 0 spiro atoms. The molecule has 32 heavy (non-hydrogen) atoms. The van der Waals surface area contributed by atoms with Crippen LogP contribution in [0.5, 0.6) is 0 Å². The first-order valence-electron chi connectivity index (χ1n) is 11.8. The van der Waals surface area contributed by atoms with Crippen LogP contribution in [0.25, 0.3) is 0 Å². The van der Waals surface area contributed by atoms with Gasteiger partial charge in [-0.2, -0.15) is 0 Å². The Morgan fingerprint density at radius 1 is 1.12 bits per heavy atom. The lowest BCUT2D eigenvalue weighted by molar-refractivity contribution is -0.141. The van der Waals surface area contributed by atoms with Gasteiger partial charge in [0.1, 0.15) is 18.5 Å². The SMILES string of the molecule is COCC(=O)N1CC(N(Cc2ccc(F)cc2)C2CC2)CC1C(=O)NC1CCC(N)CC1. The normalized spacial score (nSPS) is 28.2. The van der Waals surface area contributed by atoms with E-state index in [-0.39, 0.29) is 42.4 Å². The summed E-state index contributed by atoms with van der Waals surface area (Å²) >= 11 is 0. The van der Waals surface area contributed by atoms with Gasteiger partial charge in [0.05, 0.1) is 0 Å². The van der Waals surface area contributed by atoms with Gasteiger partial charge in [0.15, 0.2) is 0 Å². The smallest absolute Gasteiger partial charge is 0.249 e. The molecule has 0 radical (unpaired) electrons. The van der Waals surface area contributed by atoms with E-state index in [1.807, 2.05) is 12.1 Å². The number of rotatable bonds is 8. The van der Waals surface area contributed by atoms with Gasteiger partial charge in [0.25, 0.3) is 0 Å². The minimum absolute atomic E-state index is 0.0316. The fourth-order valence-corrected chi connectivity index (χ4v) is 5.11. The van der Waals surface area contributed by atoms with Gasteiger partial charge in [-0.3, -0.25) is 14.5 Å². The van der Waals surface area contributed by atoms with Crippen LogP contribution >= 0.6 is 0 Å². The van der Waals surface area contributed by atoms with E-state index in [4.69, 9.17) is 10.5 Å². The van der Waals surface area contributed by atoms with Gasteiger partial charge in [0.2, 0.25) is 11.8 Å². The molecule has 8 heteroatoms. The Morgan fingerprint density at radius 2 is 1.81 bits per heavy atom. The maximum absolute atomic E-state index is 13.3. The maximum Gasteiger partial charge on any atom is 0.249 e. The topological polar surface area (TPSA) is 87.9 Å². The molecule has 3 fully saturated rings. The third-order valence-corrected chi connectivity index (χ3v) is 7.05. The quantitative estimate of drug-likeness (QED) is 0.636. The molecule has 0 bridgehead atoms. The lowest BCUT2D eigenvalue weighted by Crippen LogP contribution is -2.50. The highest BCUT2D eigenvalue weighted by Crippen LogP contribution is 2.35. The van der Waals surface area contributed by atoms with Crippen molar-refractivity contribution in [2.75, 3.05) is 20.3 Å². The highest BCUT2D eigenvalue weighted by atomic mass is 19.1. The second-order valence-corrected chi connectivity index (χ2v) is 9.53. The van der Waals surface area contributed by atoms with Gasteiger partial charge in [-0.05, 0) is 62.6 Å². The number of hydrogen-bond acceptors (Lipinski definition) is 5. The average molecular weight is 447 g/mol. The minimum atomic E-state index is -0.493. The molecule has 1 aromatic carbocycles. The number of nitrogens with zero attached hydrogens (tertiary/aromatic N) is 2. The first kappa shape index (κ1) is 23.1. The molecule has 2 amide bonds. The molecule has 3 aliphatic rings. The van der Waals surface area contributed by atoms with Crippen molar-refractivity contribution < 1.29 is 18.7 Å². The van der Waals surface area contributed by atoms with Crippen molar-refractivity contribution in [1.29, 1.82) is 0 Å². The highest BCUT2D eigenvalue weighted by molar-refractivity contribution is 5.89. The van der Waals surface area contributed by atoms with Crippen LogP contribution in [0.15, 0.2) is 24.3 Å². The number of methoxy groups -OCH3 is 1. The number of likely N-dealkylation sites (tertiary alicyclic amines) is 1. The number of carbonyl (C=O) groups excluding carboxylic acids is 2. The first-order valence-corrected chi connectivity index (χ1v) is 11.8. The molecular formula is C24H35FN4O3. The number of amides is 2. The average Bonchev–Trinajstić information content (AvgIpc) is 3.52. The lowest BCUT2D eigenvalue weighted by Gasteiger charge is -2.30. The fraction of sp³-hybridized carbons (Fsp3) is 0.667. The number of carbonyl (C=O) groups is 2. The monoisotopic (exact) mass is 446 g/mol. The largest absolute Gasteiger partial charge is 0.375 e. The van der Waals surface area contributed by atoms with E-state index in [1.165, 1.54) is 19.2 Å². The summed E-state index contributed by atoms with van der Waals surface area (Å²) < 4.78 is 18.4. The molecule has 1 aromatic rings. The lowest BCUT2D eigenvalue weighted by atomic mass is 9.91. The molecule has 176 valence electrons. The van der Waals surface area contributed by atoms with Crippen molar-refractivity contribution in [3.8, 4) is 0 Å². The predicted molar refractivity (Wildman–Crippen MR) is 119 cm³/mol. The molecule has 7 nitrogen and oxygen atoms in total. The Balaban J connectivity index is 1.46. The molecule has 2 atom stereocenters. The second-order valence-electron chi connectivity index (χ2n) is 9.53. The molecular weight excluding hydrogens is 411 g/mol. The number of nitrogens with two attached hydrogens (primary N) is 1. The van der Waals surface area contributed by atoms with Gasteiger partial charge in [-0.25, -0.2) is 4.39 Å². The Hall–Kier alpha value is -2.03. The van der Waals surface area contributed by atoms with Gasteiger partial charge in [0, 0.05) is 44.4 Å². The highest BCUT2D eigenvalue weighted by Gasteiger charge is 2.45. The molecule has 1 heterocycles. The molecule has 2 saturated carbocycles. The number of hydrogen-bond donors (Lipinski definition) is 2.